The third kappa shape index (κ3) is 6.45. The standard InChI is InChI=1S/C23H30ClN3O3S/c1-17-7-5-9-19(15-17)26-31(29,30)20-10-11-22(24)21(16-20)23(28)25-12-6-14-27-13-4-3-8-18(27)2/h5,7,9-11,15-16,18,26H,3-4,6,8,12-14H2,1-2H3,(H,25,28). The second-order valence-electron chi connectivity index (χ2n) is 8.11. The zero-order valence-electron chi connectivity index (χ0n) is 18.0. The fourth-order valence-corrected chi connectivity index (χ4v) is 5.12. The smallest absolute Gasteiger partial charge is 0.261 e. The summed E-state index contributed by atoms with van der Waals surface area (Å²) < 4.78 is 28.1. The average molecular weight is 464 g/mol. The van der Waals surface area contributed by atoms with Gasteiger partial charge in [0.15, 0.2) is 0 Å². The summed E-state index contributed by atoms with van der Waals surface area (Å²) in [4.78, 5) is 15.1. The SMILES string of the molecule is Cc1cccc(NS(=O)(=O)c2ccc(Cl)c(C(=O)NCCCN3CCCCC3C)c2)c1. The molecule has 168 valence electrons. The molecule has 8 heteroatoms. The van der Waals surface area contributed by atoms with Crippen molar-refractivity contribution in [2.24, 2.45) is 0 Å². The summed E-state index contributed by atoms with van der Waals surface area (Å²) in [6.45, 7) is 6.68. The number of hydrogen-bond donors (Lipinski definition) is 2. The number of aryl methyl sites for hydroxylation is 1. The average Bonchev–Trinajstić information content (AvgIpc) is 2.72. The van der Waals surface area contributed by atoms with Crippen LogP contribution in [0.3, 0.4) is 0 Å². The molecule has 0 aliphatic carbocycles. The number of sulfonamides is 1. The molecular formula is C23H30ClN3O3S. The lowest BCUT2D eigenvalue weighted by Crippen LogP contribution is -2.39. The van der Waals surface area contributed by atoms with Crippen LogP contribution in [0.2, 0.25) is 5.02 Å². The fraction of sp³-hybridized carbons (Fsp3) is 0.435. The van der Waals surface area contributed by atoms with Gasteiger partial charge in [-0.05, 0) is 75.5 Å². The fourth-order valence-electron chi connectivity index (χ4n) is 3.84. The van der Waals surface area contributed by atoms with Gasteiger partial charge in [0.1, 0.15) is 0 Å². The number of halogens is 1. The Morgan fingerprint density at radius 3 is 2.74 bits per heavy atom. The molecule has 1 saturated heterocycles. The number of carbonyl (C=O) groups is 1. The number of likely N-dealkylation sites (tertiary alicyclic amines) is 1. The number of hydrogen-bond acceptors (Lipinski definition) is 4. The number of nitrogens with one attached hydrogen (secondary N) is 2. The molecule has 1 atom stereocenters. The molecule has 1 unspecified atom stereocenters. The van der Waals surface area contributed by atoms with Crippen molar-refractivity contribution >= 4 is 33.2 Å². The molecule has 0 bridgehead atoms. The number of piperidine rings is 1. The Morgan fingerprint density at radius 1 is 1.19 bits per heavy atom. The van der Waals surface area contributed by atoms with Crippen LogP contribution >= 0.6 is 11.6 Å². The van der Waals surface area contributed by atoms with Crippen molar-refractivity contribution in [3.8, 4) is 0 Å². The Morgan fingerprint density at radius 2 is 2.00 bits per heavy atom. The van der Waals surface area contributed by atoms with Crippen LogP contribution in [0.25, 0.3) is 0 Å². The van der Waals surface area contributed by atoms with Crippen LogP contribution in [0.4, 0.5) is 5.69 Å². The van der Waals surface area contributed by atoms with Crippen molar-refractivity contribution in [2.45, 2.75) is 50.5 Å². The first-order valence-electron chi connectivity index (χ1n) is 10.7. The Balaban J connectivity index is 1.62. The molecule has 6 nitrogen and oxygen atoms in total. The zero-order valence-corrected chi connectivity index (χ0v) is 19.6. The summed E-state index contributed by atoms with van der Waals surface area (Å²) in [5.41, 5.74) is 1.56. The van der Waals surface area contributed by atoms with Gasteiger partial charge in [-0.1, -0.05) is 30.2 Å². The summed E-state index contributed by atoms with van der Waals surface area (Å²) >= 11 is 6.19. The van der Waals surface area contributed by atoms with Crippen LogP contribution in [0.15, 0.2) is 47.4 Å². The summed E-state index contributed by atoms with van der Waals surface area (Å²) in [7, 11) is -3.84. The van der Waals surface area contributed by atoms with Crippen LogP contribution in [0.1, 0.15) is 48.5 Å². The third-order valence-electron chi connectivity index (χ3n) is 5.61. The normalized spacial score (nSPS) is 17.3. The third-order valence-corrected chi connectivity index (χ3v) is 7.32. The van der Waals surface area contributed by atoms with E-state index in [-0.39, 0.29) is 21.4 Å². The van der Waals surface area contributed by atoms with Gasteiger partial charge in [-0.2, -0.15) is 0 Å². The molecule has 1 amide bonds. The van der Waals surface area contributed by atoms with Gasteiger partial charge in [-0.3, -0.25) is 9.52 Å². The molecule has 1 fully saturated rings. The second kappa shape index (κ2) is 10.5. The van der Waals surface area contributed by atoms with Crippen molar-refractivity contribution in [2.75, 3.05) is 24.4 Å². The first-order valence-corrected chi connectivity index (χ1v) is 12.5. The highest BCUT2D eigenvalue weighted by atomic mass is 35.5. The molecule has 0 saturated carbocycles. The van der Waals surface area contributed by atoms with Crippen LogP contribution in [-0.2, 0) is 10.0 Å². The van der Waals surface area contributed by atoms with E-state index in [4.69, 9.17) is 11.6 Å². The molecule has 3 rings (SSSR count). The van der Waals surface area contributed by atoms with E-state index in [0.29, 0.717) is 18.3 Å². The van der Waals surface area contributed by atoms with Crippen LogP contribution in [0.5, 0.6) is 0 Å². The first-order chi connectivity index (χ1) is 14.8. The van der Waals surface area contributed by atoms with Gasteiger partial charge in [0.25, 0.3) is 15.9 Å². The molecule has 1 aliphatic rings. The topological polar surface area (TPSA) is 78.5 Å². The lowest BCUT2D eigenvalue weighted by Gasteiger charge is -2.33. The van der Waals surface area contributed by atoms with E-state index < -0.39 is 10.0 Å². The van der Waals surface area contributed by atoms with Crippen molar-refractivity contribution < 1.29 is 13.2 Å². The van der Waals surface area contributed by atoms with Gasteiger partial charge in [0.2, 0.25) is 0 Å². The van der Waals surface area contributed by atoms with Gasteiger partial charge in [-0.15, -0.1) is 0 Å². The van der Waals surface area contributed by atoms with E-state index in [1.54, 1.807) is 18.2 Å². The molecule has 1 heterocycles. The minimum Gasteiger partial charge on any atom is -0.352 e. The van der Waals surface area contributed by atoms with E-state index in [1.165, 1.54) is 37.5 Å². The van der Waals surface area contributed by atoms with E-state index in [1.807, 2.05) is 13.0 Å². The van der Waals surface area contributed by atoms with Crippen molar-refractivity contribution in [3.05, 3.63) is 58.6 Å². The lowest BCUT2D eigenvalue weighted by molar-refractivity contribution is 0.0949. The summed E-state index contributed by atoms with van der Waals surface area (Å²) in [6.07, 6.45) is 4.56. The monoisotopic (exact) mass is 463 g/mol. The maximum Gasteiger partial charge on any atom is 0.261 e. The quantitative estimate of drug-likeness (QED) is 0.567. The molecular weight excluding hydrogens is 434 g/mol. The Hall–Kier alpha value is -2.09. The predicted molar refractivity (Wildman–Crippen MR) is 125 cm³/mol. The van der Waals surface area contributed by atoms with Crippen molar-refractivity contribution in [1.29, 1.82) is 0 Å². The molecule has 0 spiro atoms. The molecule has 2 aromatic rings. The lowest BCUT2D eigenvalue weighted by atomic mass is 10.0. The Labute approximate surface area is 190 Å². The van der Waals surface area contributed by atoms with Crippen molar-refractivity contribution in [3.63, 3.8) is 0 Å². The number of anilines is 1. The second-order valence-corrected chi connectivity index (χ2v) is 10.2. The van der Waals surface area contributed by atoms with Crippen LogP contribution in [-0.4, -0.2) is 44.9 Å². The van der Waals surface area contributed by atoms with E-state index in [0.717, 1.165) is 25.1 Å². The highest BCUT2D eigenvalue weighted by Gasteiger charge is 2.20. The van der Waals surface area contributed by atoms with E-state index >= 15 is 0 Å². The minimum atomic E-state index is -3.84. The predicted octanol–water partition coefficient (Wildman–Crippen LogP) is 4.44. The maximum atomic E-state index is 12.8. The minimum absolute atomic E-state index is 0.00861. The van der Waals surface area contributed by atoms with Crippen LogP contribution in [0, 0.1) is 6.92 Å². The number of nitrogens with zero attached hydrogens (tertiary/aromatic N) is 1. The number of carbonyl (C=O) groups excluding carboxylic acids is 1. The number of rotatable bonds is 8. The number of amides is 1. The molecule has 0 radical (unpaired) electrons. The van der Waals surface area contributed by atoms with Gasteiger partial charge < -0.3 is 10.2 Å². The summed E-state index contributed by atoms with van der Waals surface area (Å²) in [6, 6.07) is 11.8. The van der Waals surface area contributed by atoms with Gasteiger partial charge >= 0.3 is 0 Å². The molecule has 31 heavy (non-hydrogen) atoms. The summed E-state index contributed by atoms with van der Waals surface area (Å²) in [5, 5.41) is 3.08. The van der Waals surface area contributed by atoms with Crippen molar-refractivity contribution in [1.82, 2.24) is 10.2 Å². The van der Waals surface area contributed by atoms with Crippen LogP contribution < -0.4 is 10.0 Å². The number of benzene rings is 2. The molecule has 0 aromatic heterocycles. The van der Waals surface area contributed by atoms with Gasteiger partial charge in [-0.25, -0.2) is 8.42 Å². The Kier molecular flexibility index (Phi) is 7.97. The molecule has 2 N–H and O–H groups in total. The molecule has 1 aliphatic heterocycles. The maximum absolute atomic E-state index is 12.8. The largest absolute Gasteiger partial charge is 0.352 e. The highest BCUT2D eigenvalue weighted by Crippen LogP contribution is 2.23. The summed E-state index contributed by atoms with van der Waals surface area (Å²) in [5.74, 6) is -0.371. The van der Waals surface area contributed by atoms with E-state index in [2.05, 4.69) is 21.9 Å². The Bertz CT molecular complexity index is 1030. The highest BCUT2D eigenvalue weighted by molar-refractivity contribution is 7.92. The molecule has 2 aromatic carbocycles. The zero-order chi connectivity index (χ0) is 22.4. The van der Waals surface area contributed by atoms with Gasteiger partial charge in [0.05, 0.1) is 15.5 Å². The van der Waals surface area contributed by atoms with Gasteiger partial charge in [0, 0.05) is 24.8 Å². The van der Waals surface area contributed by atoms with E-state index in [9.17, 15) is 13.2 Å². The first kappa shape index (κ1) is 23.6.